The van der Waals surface area contributed by atoms with Crippen molar-refractivity contribution in [2.45, 2.75) is 6.54 Å². The van der Waals surface area contributed by atoms with Crippen molar-refractivity contribution in [2.24, 2.45) is 0 Å². The van der Waals surface area contributed by atoms with Gasteiger partial charge in [0.2, 0.25) is 0 Å². The third-order valence-corrected chi connectivity index (χ3v) is 11.4. The van der Waals surface area contributed by atoms with Crippen LogP contribution in [0, 0.1) is 0 Å². The fraction of sp³-hybridized carbons (Fsp3) is 0.0256. The van der Waals surface area contributed by atoms with Crippen LogP contribution in [0.2, 0.25) is 0 Å². The van der Waals surface area contributed by atoms with Gasteiger partial charge in [0.1, 0.15) is 0 Å². The van der Waals surface area contributed by atoms with Crippen molar-refractivity contribution in [2.75, 3.05) is 0 Å². The smallest absolute Gasteiger partial charge is 0.0890 e. The summed E-state index contributed by atoms with van der Waals surface area (Å²) in [7, 11) is 0. The molecule has 10 rings (SSSR count). The Morgan fingerprint density at radius 3 is 1.53 bits per heavy atom. The van der Waals surface area contributed by atoms with Gasteiger partial charge in [0.15, 0.2) is 0 Å². The van der Waals surface area contributed by atoms with Crippen molar-refractivity contribution in [1.82, 2.24) is 9.13 Å². The molecule has 0 aliphatic rings. The first-order valence-electron chi connectivity index (χ1n) is 14.6. The lowest BCUT2D eigenvalue weighted by Gasteiger charge is -2.09. The molecule has 202 valence electrons. The normalized spacial score (nSPS) is 12.3. The number of nitrogens with zero attached hydrogens (tertiary/aromatic N) is 2. The van der Waals surface area contributed by atoms with Crippen LogP contribution in [0.4, 0.5) is 0 Å². The Labute approximate surface area is 255 Å². The third kappa shape index (κ3) is 3.33. The second kappa shape index (κ2) is 8.81. The summed E-state index contributed by atoms with van der Waals surface area (Å²) >= 11 is 3.86. The molecule has 4 heterocycles. The lowest BCUT2D eigenvalue weighted by atomic mass is 10.1. The summed E-state index contributed by atoms with van der Waals surface area (Å²) in [5.41, 5.74) is 7.65. The van der Waals surface area contributed by atoms with Gasteiger partial charge in [0, 0.05) is 70.4 Å². The van der Waals surface area contributed by atoms with E-state index >= 15 is 0 Å². The summed E-state index contributed by atoms with van der Waals surface area (Å²) in [6.45, 7) is 0.860. The SMILES string of the molecule is c1ccc2c(c1)c1ccccc1n2Cc1ccc2c(c1)sc1sc3cc(-n4c5ccccc5c5ccccc54)ccc3c12. The molecule has 0 amide bonds. The second-order valence-corrected chi connectivity index (χ2v) is 13.7. The number of rotatable bonds is 3. The minimum Gasteiger partial charge on any atom is -0.336 e. The predicted octanol–water partition coefficient (Wildman–Crippen LogP) is 11.5. The van der Waals surface area contributed by atoms with Crippen LogP contribution in [-0.2, 0) is 6.54 Å². The monoisotopic (exact) mass is 584 g/mol. The molecule has 0 N–H and O–H groups in total. The summed E-state index contributed by atoms with van der Waals surface area (Å²) in [6, 6.07) is 49.1. The molecule has 0 radical (unpaired) electrons. The van der Waals surface area contributed by atoms with Gasteiger partial charge in [-0.3, -0.25) is 0 Å². The van der Waals surface area contributed by atoms with Crippen molar-refractivity contribution in [3.05, 3.63) is 139 Å². The Balaban J connectivity index is 1.10. The number of aromatic nitrogens is 2. The fourth-order valence-corrected chi connectivity index (χ4v) is 9.84. The van der Waals surface area contributed by atoms with E-state index in [1.54, 1.807) is 0 Å². The average Bonchev–Trinajstić information content (AvgIpc) is 3.78. The van der Waals surface area contributed by atoms with E-state index in [0.717, 1.165) is 6.54 Å². The van der Waals surface area contributed by atoms with Gasteiger partial charge in [-0.05, 0) is 48.0 Å². The fourth-order valence-electron chi connectivity index (χ4n) is 7.14. The van der Waals surface area contributed by atoms with Gasteiger partial charge >= 0.3 is 0 Å². The van der Waals surface area contributed by atoms with E-state index in [0.29, 0.717) is 0 Å². The Morgan fingerprint density at radius 2 is 0.930 bits per heavy atom. The summed E-state index contributed by atoms with van der Waals surface area (Å²) in [5.74, 6) is 0. The summed E-state index contributed by atoms with van der Waals surface area (Å²) in [6.07, 6.45) is 0. The van der Waals surface area contributed by atoms with Crippen LogP contribution in [0.5, 0.6) is 0 Å². The Morgan fingerprint density at radius 1 is 0.442 bits per heavy atom. The molecule has 0 unspecified atom stereocenters. The van der Waals surface area contributed by atoms with Crippen LogP contribution >= 0.6 is 22.7 Å². The molecule has 0 aliphatic carbocycles. The lowest BCUT2D eigenvalue weighted by molar-refractivity contribution is 0.871. The number of hydrogen-bond donors (Lipinski definition) is 0. The van der Waals surface area contributed by atoms with E-state index in [-0.39, 0.29) is 0 Å². The van der Waals surface area contributed by atoms with Crippen LogP contribution in [0.25, 0.3) is 78.9 Å². The van der Waals surface area contributed by atoms with E-state index in [1.807, 2.05) is 22.7 Å². The molecule has 4 aromatic heterocycles. The highest BCUT2D eigenvalue weighted by atomic mass is 32.2. The van der Waals surface area contributed by atoms with Crippen LogP contribution in [0.1, 0.15) is 5.56 Å². The average molecular weight is 585 g/mol. The summed E-state index contributed by atoms with van der Waals surface area (Å²) in [5, 5.41) is 9.36. The standard InChI is InChI=1S/C39H24N2S2/c1-5-13-32-26(9-1)27-10-2-6-14-33(27)40(32)23-24-17-19-30-36(21-24)42-39-38(30)31-20-18-25(22-37(31)43-39)41-34-15-7-3-11-28(34)29-12-4-8-16-35(29)41/h1-22H,23H2. The molecule has 0 fully saturated rings. The van der Waals surface area contributed by atoms with E-state index in [2.05, 4.69) is 143 Å². The highest BCUT2D eigenvalue weighted by Gasteiger charge is 2.17. The van der Waals surface area contributed by atoms with Crippen LogP contribution in [0.15, 0.2) is 133 Å². The Bertz CT molecular complexity index is 2610. The van der Waals surface area contributed by atoms with Crippen LogP contribution in [0.3, 0.4) is 0 Å². The second-order valence-electron chi connectivity index (χ2n) is 11.4. The molecule has 0 saturated carbocycles. The minimum atomic E-state index is 0.860. The zero-order valence-corrected chi connectivity index (χ0v) is 24.8. The van der Waals surface area contributed by atoms with Crippen LogP contribution < -0.4 is 0 Å². The number of hydrogen-bond acceptors (Lipinski definition) is 2. The van der Waals surface area contributed by atoms with Crippen LogP contribution in [-0.4, -0.2) is 9.13 Å². The maximum absolute atomic E-state index is 2.47. The predicted molar refractivity (Wildman–Crippen MR) is 188 cm³/mol. The highest BCUT2D eigenvalue weighted by molar-refractivity contribution is 7.44. The van der Waals surface area contributed by atoms with Gasteiger partial charge < -0.3 is 9.13 Å². The molecule has 0 atom stereocenters. The molecule has 2 nitrogen and oxygen atoms in total. The van der Waals surface area contributed by atoms with E-state index in [4.69, 9.17) is 0 Å². The van der Waals surface area contributed by atoms with Gasteiger partial charge in [0.05, 0.1) is 15.0 Å². The minimum absolute atomic E-state index is 0.860. The molecule has 0 saturated heterocycles. The van der Waals surface area contributed by atoms with Gasteiger partial charge in [-0.1, -0.05) is 91.0 Å². The maximum Gasteiger partial charge on any atom is 0.0890 e. The van der Waals surface area contributed by atoms with Gasteiger partial charge in [-0.15, -0.1) is 22.7 Å². The molecule has 4 heteroatoms. The van der Waals surface area contributed by atoms with Crippen molar-refractivity contribution >= 4 is 95.9 Å². The first-order chi connectivity index (χ1) is 21.3. The topological polar surface area (TPSA) is 9.86 Å². The number of thiophene rings is 2. The maximum atomic E-state index is 2.47. The molecule has 0 spiro atoms. The molecule has 6 aromatic carbocycles. The number of para-hydroxylation sites is 4. The largest absolute Gasteiger partial charge is 0.336 e. The Hall–Kier alpha value is -4.90. The first kappa shape index (κ1) is 23.6. The van der Waals surface area contributed by atoms with E-state index in [1.165, 1.54) is 84.4 Å². The van der Waals surface area contributed by atoms with Crippen molar-refractivity contribution < 1.29 is 0 Å². The van der Waals surface area contributed by atoms with Crippen molar-refractivity contribution in [3.8, 4) is 5.69 Å². The molecular weight excluding hydrogens is 561 g/mol. The lowest BCUT2D eigenvalue weighted by Crippen LogP contribution is -1.98. The van der Waals surface area contributed by atoms with Gasteiger partial charge in [-0.25, -0.2) is 0 Å². The molecule has 0 bridgehead atoms. The van der Waals surface area contributed by atoms with E-state index in [9.17, 15) is 0 Å². The molecule has 0 aliphatic heterocycles. The van der Waals surface area contributed by atoms with Crippen molar-refractivity contribution in [3.63, 3.8) is 0 Å². The zero-order valence-electron chi connectivity index (χ0n) is 23.1. The first-order valence-corrected chi connectivity index (χ1v) is 16.3. The summed E-state index contributed by atoms with van der Waals surface area (Å²) in [4.78, 5) is 0. The number of benzene rings is 6. The van der Waals surface area contributed by atoms with Crippen molar-refractivity contribution in [1.29, 1.82) is 0 Å². The highest BCUT2D eigenvalue weighted by Crippen LogP contribution is 2.45. The van der Waals surface area contributed by atoms with Gasteiger partial charge in [0.25, 0.3) is 0 Å². The molecule has 10 aromatic rings. The van der Waals surface area contributed by atoms with E-state index < -0.39 is 0 Å². The number of fused-ring (bicyclic) bond motifs is 11. The quantitative estimate of drug-likeness (QED) is 0.195. The molecular formula is C39H24N2S2. The zero-order chi connectivity index (χ0) is 28.1. The third-order valence-electron chi connectivity index (χ3n) is 9.02. The van der Waals surface area contributed by atoms with Gasteiger partial charge in [-0.2, -0.15) is 0 Å². The molecule has 43 heavy (non-hydrogen) atoms. The summed E-state index contributed by atoms with van der Waals surface area (Å²) < 4.78 is 8.99. The Kier molecular flexibility index (Phi) is 4.84.